The number of likely N-dealkylation sites (tertiary alicyclic amines) is 1. The van der Waals surface area contributed by atoms with Crippen LogP contribution in [0, 0.1) is 0 Å². The lowest BCUT2D eigenvalue weighted by molar-refractivity contribution is -0.166. The van der Waals surface area contributed by atoms with Gasteiger partial charge in [0.25, 0.3) is 11.8 Å². The number of methoxy groups -OCH3 is 1. The molecule has 2 heterocycles. The van der Waals surface area contributed by atoms with Crippen LogP contribution in [0.1, 0.15) is 42.6 Å². The number of carbonyl (C=O) groups excluding carboxylic acids is 4. The smallest absolute Gasteiger partial charge is 0.326 e. The summed E-state index contributed by atoms with van der Waals surface area (Å²) >= 11 is 6.06. The fourth-order valence-corrected chi connectivity index (χ4v) is 4.71. The van der Waals surface area contributed by atoms with E-state index in [0.29, 0.717) is 11.5 Å². The quantitative estimate of drug-likeness (QED) is 0.293. The topological polar surface area (TPSA) is 187 Å². The molecule has 16 heteroatoms. The van der Waals surface area contributed by atoms with E-state index < -0.39 is 61.0 Å². The molecule has 2 aromatic rings. The summed E-state index contributed by atoms with van der Waals surface area (Å²) in [6.07, 6.45) is -1.36. The number of anilines is 1. The predicted molar refractivity (Wildman–Crippen MR) is 156 cm³/mol. The van der Waals surface area contributed by atoms with Crippen LogP contribution in [0.25, 0.3) is 0 Å². The molecule has 13 nitrogen and oxygen atoms in total. The van der Waals surface area contributed by atoms with E-state index >= 15 is 0 Å². The van der Waals surface area contributed by atoms with Crippen molar-refractivity contribution in [1.29, 1.82) is 0 Å². The second kappa shape index (κ2) is 15.1. The molecule has 244 valence electrons. The average Bonchev–Trinajstić information content (AvgIpc) is 3.49. The Morgan fingerprint density at radius 3 is 2.44 bits per heavy atom. The molecule has 0 bridgehead atoms. The summed E-state index contributed by atoms with van der Waals surface area (Å²) in [4.78, 5) is 59.0. The lowest BCUT2D eigenvalue weighted by Crippen LogP contribution is -2.50. The Bertz CT molecular complexity index is 1430. The maximum absolute atomic E-state index is 13.6. The van der Waals surface area contributed by atoms with Crippen LogP contribution < -0.4 is 21.1 Å². The highest BCUT2D eigenvalue weighted by atomic mass is 35.5. The molecule has 2 aliphatic rings. The molecule has 4 unspecified atom stereocenters. The number of carbonyl (C=O) groups is 5. The lowest BCUT2D eigenvalue weighted by atomic mass is 10.1. The SMILES string of the molecule is COc1cc(NC(C)=O)c(Cl)cc1C(=O)NC(C)C(=O)N1CC(F)(F)CC1C(=O)O.NC1CC(=O)OC1OCc1ccccc1. The molecule has 45 heavy (non-hydrogen) atoms. The zero-order valence-corrected chi connectivity index (χ0v) is 25.3. The van der Waals surface area contributed by atoms with E-state index in [1.54, 1.807) is 0 Å². The van der Waals surface area contributed by atoms with Gasteiger partial charge in [-0.15, -0.1) is 0 Å². The van der Waals surface area contributed by atoms with E-state index in [0.717, 1.165) is 5.56 Å². The van der Waals surface area contributed by atoms with Gasteiger partial charge in [-0.3, -0.25) is 19.2 Å². The number of hydrogen-bond donors (Lipinski definition) is 4. The average molecular weight is 655 g/mol. The van der Waals surface area contributed by atoms with Crippen molar-refractivity contribution < 1.29 is 52.1 Å². The number of hydrogen-bond acceptors (Lipinski definition) is 9. The minimum atomic E-state index is -3.33. The molecule has 0 spiro atoms. The summed E-state index contributed by atoms with van der Waals surface area (Å²) in [7, 11) is 1.27. The summed E-state index contributed by atoms with van der Waals surface area (Å²) in [5.41, 5.74) is 6.83. The highest BCUT2D eigenvalue weighted by Crippen LogP contribution is 2.33. The predicted octanol–water partition coefficient (Wildman–Crippen LogP) is 2.55. The number of carboxylic acids is 1. The number of aliphatic carboxylic acids is 1. The first-order valence-electron chi connectivity index (χ1n) is 13.6. The van der Waals surface area contributed by atoms with E-state index in [2.05, 4.69) is 10.6 Å². The Morgan fingerprint density at radius 1 is 1.22 bits per heavy atom. The number of alkyl halides is 2. The molecule has 2 aromatic carbocycles. The number of benzene rings is 2. The molecule has 5 N–H and O–H groups in total. The fourth-order valence-electron chi connectivity index (χ4n) is 4.50. The minimum absolute atomic E-state index is 0.0280. The van der Waals surface area contributed by atoms with Gasteiger partial charge < -0.3 is 40.6 Å². The first-order valence-corrected chi connectivity index (χ1v) is 14.0. The summed E-state index contributed by atoms with van der Waals surface area (Å²) in [6.45, 7) is 1.87. The van der Waals surface area contributed by atoms with Crippen molar-refractivity contribution in [1.82, 2.24) is 10.2 Å². The molecule has 0 radical (unpaired) electrons. The second-order valence-corrected chi connectivity index (χ2v) is 10.7. The van der Waals surface area contributed by atoms with Gasteiger partial charge in [-0.2, -0.15) is 0 Å². The number of nitrogens with zero attached hydrogens (tertiary/aromatic N) is 1. The van der Waals surface area contributed by atoms with Crippen LogP contribution in [0.3, 0.4) is 0 Å². The molecular weight excluding hydrogens is 622 g/mol. The number of ether oxygens (including phenoxy) is 3. The molecule has 2 aliphatic heterocycles. The first-order chi connectivity index (χ1) is 21.1. The van der Waals surface area contributed by atoms with Crippen molar-refractivity contribution >= 4 is 46.9 Å². The van der Waals surface area contributed by atoms with Gasteiger partial charge in [0.2, 0.25) is 18.1 Å². The monoisotopic (exact) mass is 654 g/mol. The van der Waals surface area contributed by atoms with Crippen molar-refractivity contribution in [2.75, 3.05) is 19.0 Å². The Hall–Kier alpha value is -4.34. The molecule has 4 rings (SSSR count). The van der Waals surface area contributed by atoms with Crippen molar-refractivity contribution in [2.24, 2.45) is 5.73 Å². The number of carboxylic acid groups (broad SMARTS) is 1. The van der Waals surface area contributed by atoms with Crippen LogP contribution in [0.5, 0.6) is 5.75 Å². The summed E-state index contributed by atoms with van der Waals surface area (Å²) in [5.74, 6) is -7.31. The summed E-state index contributed by atoms with van der Waals surface area (Å²) < 4.78 is 42.7. The van der Waals surface area contributed by atoms with E-state index in [1.807, 2.05) is 30.3 Å². The van der Waals surface area contributed by atoms with E-state index in [9.17, 15) is 32.8 Å². The second-order valence-electron chi connectivity index (χ2n) is 10.3. The Labute approximate surface area is 261 Å². The van der Waals surface area contributed by atoms with Gasteiger partial charge >= 0.3 is 11.9 Å². The summed E-state index contributed by atoms with van der Waals surface area (Å²) in [6, 6.07) is 8.88. The molecular formula is C29H33ClF2N4O9. The van der Waals surface area contributed by atoms with Gasteiger partial charge in [-0.05, 0) is 18.6 Å². The normalized spacial score (nSPS) is 20.7. The number of amides is 3. The minimum Gasteiger partial charge on any atom is -0.496 e. The van der Waals surface area contributed by atoms with Gasteiger partial charge in [0.05, 0.1) is 49.0 Å². The summed E-state index contributed by atoms with van der Waals surface area (Å²) in [5, 5.41) is 13.9. The third-order valence-electron chi connectivity index (χ3n) is 6.66. The van der Waals surface area contributed by atoms with E-state index in [4.69, 9.17) is 36.7 Å². The third kappa shape index (κ3) is 9.57. The van der Waals surface area contributed by atoms with Crippen molar-refractivity contribution in [3.05, 3.63) is 58.6 Å². The largest absolute Gasteiger partial charge is 0.496 e. The zero-order chi connectivity index (χ0) is 33.5. The molecule has 0 aliphatic carbocycles. The van der Waals surface area contributed by atoms with Crippen LogP contribution in [-0.4, -0.2) is 83.7 Å². The number of nitrogens with one attached hydrogen (secondary N) is 2. The number of cyclic esters (lactones) is 1. The van der Waals surface area contributed by atoms with Crippen molar-refractivity contribution in [3.63, 3.8) is 0 Å². The van der Waals surface area contributed by atoms with Gasteiger partial charge in [-0.1, -0.05) is 41.9 Å². The van der Waals surface area contributed by atoms with Crippen LogP contribution in [0.4, 0.5) is 14.5 Å². The molecule has 0 saturated carbocycles. The van der Waals surface area contributed by atoms with Gasteiger partial charge in [0.15, 0.2) is 0 Å². The molecule has 4 atom stereocenters. The molecule has 0 aromatic heterocycles. The van der Waals surface area contributed by atoms with Crippen LogP contribution in [0.15, 0.2) is 42.5 Å². The zero-order valence-electron chi connectivity index (χ0n) is 24.6. The van der Waals surface area contributed by atoms with Crippen LogP contribution in [0.2, 0.25) is 5.02 Å². The van der Waals surface area contributed by atoms with E-state index in [1.165, 1.54) is 33.1 Å². The van der Waals surface area contributed by atoms with Gasteiger partial charge in [0, 0.05) is 19.4 Å². The first kappa shape index (κ1) is 35.1. The standard InChI is InChI=1S/C18H20ClF2N3O6.C11H13NO3/c1-8(16(27)24-7-18(20,21)6-13(24)17(28)29)22-15(26)10-4-11(19)12(23-9(2)25)5-14(10)30-3;12-9-6-10(13)15-11(9)14-7-8-4-2-1-3-5-8/h4-5,8,13H,6-7H2,1-3H3,(H,22,26)(H,23,25)(H,28,29);1-5,9,11H,6-7,12H2. The lowest BCUT2D eigenvalue weighted by Gasteiger charge is -2.25. The van der Waals surface area contributed by atoms with Gasteiger partial charge in [0.1, 0.15) is 17.8 Å². The Balaban J connectivity index is 0.000000305. The van der Waals surface area contributed by atoms with Crippen molar-refractivity contribution in [3.8, 4) is 5.75 Å². The molecule has 2 saturated heterocycles. The molecule has 2 fully saturated rings. The van der Waals surface area contributed by atoms with Crippen LogP contribution >= 0.6 is 11.6 Å². The number of esters is 1. The molecule has 3 amide bonds. The van der Waals surface area contributed by atoms with E-state index in [-0.39, 0.29) is 40.5 Å². The Morgan fingerprint density at radius 2 is 1.89 bits per heavy atom. The Kier molecular flexibility index (Phi) is 11.8. The number of halogens is 3. The maximum atomic E-state index is 13.6. The highest BCUT2D eigenvalue weighted by molar-refractivity contribution is 6.34. The van der Waals surface area contributed by atoms with Crippen LogP contribution in [-0.2, 0) is 35.3 Å². The van der Waals surface area contributed by atoms with Crippen molar-refractivity contribution in [2.45, 2.75) is 63.6 Å². The van der Waals surface area contributed by atoms with Gasteiger partial charge in [-0.25, -0.2) is 13.6 Å². The number of rotatable bonds is 9. The highest BCUT2D eigenvalue weighted by Gasteiger charge is 2.51. The fraction of sp³-hybridized carbons (Fsp3) is 0.414. The number of nitrogens with two attached hydrogens (primary N) is 1. The maximum Gasteiger partial charge on any atom is 0.326 e. The third-order valence-corrected chi connectivity index (χ3v) is 6.97.